The lowest BCUT2D eigenvalue weighted by atomic mass is 9.83. The van der Waals surface area contributed by atoms with E-state index in [1.807, 2.05) is 0 Å². The molecule has 0 radical (unpaired) electrons. The van der Waals surface area contributed by atoms with Crippen LogP contribution in [0.15, 0.2) is 24.3 Å². The molecule has 0 bridgehead atoms. The predicted octanol–water partition coefficient (Wildman–Crippen LogP) is 4.05. The molecule has 0 aromatic heterocycles. The maximum atomic E-state index is 12.5. The average Bonchev–Trinajstić information content (AvgIpc) is 2.62. The van der Waals surface area contributed by atoms with E-state index in [0.29, 0.717) is 36.3 Å². The van der Waals surface area contributed by atoms with E-state index in [2.05, 4.69) is 0 Å². The van der Waals surface area contributed by atoms with Crippen molar-refractivity contribution in [3.8, 4) is 0 Å². The van der Waals surface area contributed by atoms with Gasteiger partial charge in [0.05, 0.1) is 12.7 Å². The molecule has 1 fully saturated rings. The fourth-order valence-corrected chi connectivity index (χ4v) is 3.23. The summed E-state index contributed by atoms with van der Waals surface area (Å²) in [6.45, 7) is 1.93. The zero-order valence-corrected chi connectivity index (χ0v) is 15.8. The van der Waals surface area contributed by atoms with Gasteiger partial charge in [-0.3, -0.25) is 4.79 Å². The molecule has 0 aliphatic heterocycles. The van der Waals surface area contributed by atoms with Gasteiger partial charge in [0.1, 0.15) is 0 Å². The quantitative estimate of drug-likeness (QED) is 0.543. The van der Waals surface area contributed by atoms with Crippen molar-refractivity contribution in [2.45, 2.75) is 49.7 Å². The second-order valence-corrected chi connectivity index (χ2v) is 6.86. The fraction of sp³-hybridized carbons (Fsp3) is 0.556. The second kappa shape index (κ2) is 8.88. The van der Waals surface area contributed by atoms with Crippen LogP contribution >= 0.6 is 23.2 Å². The number of alkyl halides is 1. The molecule has 1 aliphatic carbocycles. The summed E-state index contributed by atoms with van der Waals surface area (Å²) in [5.74, 6) is -1.20. The van der Waals surface area contributed by atoms with Gasteiger partial charge in [-0.25, -0.2) is 4.79 Å². The lowest BCUT2D eigenvalue weighted by Gasteiger charge is -2.37. The number of esters is 2. The molecular formula is C18H22Cl2O5. The fourth-order valence-electron chi connectivity index (χ4n) is 2.92. The number of halogens is 2. The Hall–Kier alpha value is -1.30. The van der Waals surface area contributed by atoms with Gasteiger partial charge in [-0.05, 0) is 37.5 Å². The van der Waals surface area contributed by atoms with Crippen LogP contribution in [0.1, 0.15) is 43.5 Å². The number of benzene rings is 1. The van der Waals surface area contributed by atoms with Gasteiger partial charge in [0, 0.05) is 25.0 Å². The number of carbonyl (C=O) groups excluding carboxylic acids is 2. The smallest absolute Gasteiger partial charge is 0.350 e. The molecule has 0 saturated heterocycles. The molecule has 1 aromatic carbocycles. The van der Waals surface area contributed by atoms with Gasteiger partial charge in [0.25, 0.3) is 0 Å². The van der Waals surface area contributed by atoms with Gasteiger partial charge >= 0.3 is 11.9 Å². The maximum absolute atomic E-state index is 12.5. The highest BCUT2D eigenvalue weighted by molar-refractivity contribution is 6.31. The standard InChI is InChI=1S/C18H22Cl2O5/c1-3-24-17(22)18(10-8-14(23-2)9-11-18)25-16(21)15(20)12-4-6-13(19)7-5-12/h4-7,14-15H,3,8-11H2,1-2H3. The first-order valence-electron chi connectivity index (χ1n) is 8.24. The number of methoxy groups -OCH3 is 1. The molecular weight excluding hydrogens is 367 g/mol. The summed E-state index contributed by atoms with van der Waals surface area (Å²) in [5, 5.41) is -0.481. The molecule has 5 nitrogen and oxygen atoms in total. The van der Waals surface area contributed by atoms with Gasteiger partial charge in [0.15, 0.2) is 5.38 Å². The predicted molar refractivity (Wildman–Crippen MR) is 94.8 cm³/mol. The van der Waals surface area contributed by atoms with Gasteiger partial charge in [-0.15, -0.1) is 11.6 Å². The van der Waals surface area contributed by atoms with E-state index in [4.69, 9.17) is 37.4 Å². The normalized spacial score (nSPS) is 24.4. The number of hydrogen-bond acceptors (Lipinski definition) is 5. The molecule has 0 amide bonds. The van der Waals surface area contributed by atoms with Crippen molar-refractivity contribution in [3.05, 3.63) is 34.9 Å². The van der Waals surface area contributed by atoms with E-state index in [-0.39, 0.29) is 12.7 Å². The van der Waals surface area contributed by atoms with Gasteiger partial charge in [-0.1, -0.05) is 23.7 Å². The molecule has 1 aromatic rings. The van der Waals surface area contributed by atoms with Crippen molar-refractivity contribution in [1.29, 1.82) is 0 Å². The Balaban J connectivity index is 2.14. The molecule has 0 N–H and O–H groups in total. The zero-order chi connectivity index (χ0) is 18.4. The number of carbonyl (C=O) groups is 2. The molecule has 1 unspecified atom stereocenters. The number of hydrogen-bond donors (Lipinski definition) is 0. The Kier molecular flexibility index (Phi) is 7.11. The first-order chi connectivity index (χ1) is 11.9. The SMILES string of the molecule is CCOC(=O)C1(OC(=O)C(Cl)c2ccc(Cl)cc2)CCC(OC)CC1. The van der Waals surface area contributed by atoms with Crippen LogP contribution in [-0.4, -0.2) is 37.4 Å². The Labute approximate surface area is 157 Å². The minimum atomic E-state index is -1.30. The Morgan fingerprint density at radius 1 is 1.24 bits per heavy atom. The second-order valence-electron chi connectivity index (χ2n) is 5.99. The lowest BCUT2D eigenvalue weighted by molar-refractivity contribution is -0.189. The molecule has 7 heteroatoms. The Bertz CT molecular complexity index is 594. The maximum Gasteiger partial charge on any atom is 0.350 e. The third-order valence-electron chi connectivity index (χ3n) is 4.39. The first kappa shape index (κ1) is 20.0. The lowest BCUT2D eigenvalue weighted by Crippen LogP contribution is -2.48. The van der Waals surface area contributed by atoms with Crippen LogP contribution in [0.25, 0.3) is 0 Å². The summed E-state index contributed by atoms with van der Waals surface area (Å²) in [7, 11) is 1.63. The Morgan fingerprint density at radius 3 is 2.36 bits per heavy atom. The highest BCUT2D eigenvalue weighted by Gasteiger charge is 2.47. The van der Waals surface area contributed by atoms with E-state index in [1.54, 1.807) is 38.3 Å². The summed E-state index contributed by atoms with van der Waals surface area (Å²) < 4.78 is 16.1. The monoisotopic (exact) mass is 388 g/mol. The minimum absolute atomic E-state index is 0.0457. The van der Waals surface area contributed by atoms with Crippen LogP contribution in [0.3, 0.4) is 0 Å². The van der Waals surface area contributed by atoms with Gasteiger partial charge in [-0.2, -0.15) is 0 Å². The molecule has 1 aliphatic rings. The van der Waals surface area contributed by atoms with E-state index in [9.17, 15) is 9.59 Å². The largest absolute Gasteiger partial charge is 0.463 e. The number of rotatable bonds is 6. The van der Waals surface area contributed by atoms with Crippen LogP contribution in [-0.2, 0) is 23.8 Å². The average molecular weight is 389 g/mol. The van der Waals surface area contributed by atoms with E-state index in [1.165, 1.54) is 0 Å². The van der Waals surface area contributed by atoms with Crippen molar-refractivity contribution in [2.75, 3.05) is 13.7 Å². The van der Waals surface area contributed by atoms with Crippen molar-refractivity contribution < 1.29 is 23.8 Å². The topological polar surface area (TPSA) is 61.8 Å². The molecule has 0 heterocycles. The van der Waals surface area contributed by atoms with E-state index in [0.717, 1.165) is 0 Å². The van der Waals surface area contributed by atoms with E-state index >= 15 is 0 Å². The highest BCUT2D eigenvalue weighted by Crippen LogP contribution is 2.36. The Morgan fingerprint density at radius 2 is 1.84 bits per heavy atom. The molecule has 1 atom stereocenters. The molecule has 1 saturated carbocycles. The molecule has 25 heavy (non-hydrogen) atoms. The van der Waals surface area contributed by atoms with Crippen LogP contribution in [0, 0.1) is 0 Å². The molecule has 138 valence electrons. The van der Waals surface area contributed by atoms with Crippen molar-refractivity contribution in [3.63, 3.8) is 0 Å². The summed E-state index contributed by atoms with van der Waals surface area (Å²) in [6.07, 6.45) is 1.96. The van der Waals surface area contributed by atoms with Crippen LogP contribution in [0.4, 0.5) is 0 Å². The third kappa shape index (κ3) is 4.87. The van der Waals surface area contributed by atoms with Crippen LogP contribution < -0.4 is 0 Å². The number of ether oxygens (including phenoxy) is 3. The van der Waals surface area contributed by atoms with E-state index < -0.39 is 22.9 Å². The summed E-state index contributed by atoms with van der Waals surface area (Å²) in [4.78, 5) is 25.0. The van der Waals surface area contributed by atoms with Gasteiger partial charge < -0.3 is 14.2 Å². The molecule has 0 spiro atoms. The summed E-state index contributed by atoms with van der Waals surface area (Å²) in [6, 6.07) is 6.59. The minimum Gasteiger partial charge on any atom is -0.463 e. The van der Waals surface area contributed by atoms with Crippen LogP contribution in [0.2, 0.25) is 5.02 Å². The highest BCUT2D eigenvalue weighted by atomic mass is 35.5. The summed E-state index contributed by atoms with van der Waals surface area (Å²) in [5.41, 5.74) is -0.748. The molecule has 2 rings (SSSR count). The summed E-state index contributed by atoms with van der Waals surface area (Å²) >= 11 is 12.1. The van der Waals surface area contributed by atoms with Crippen molar-refractivity contribution in [2.24, 2.45) is 0 Å². The zero-order valence-electron chi connectivity index (χ0n) is 14.3. The third-order valence-corrected chi connectivity index (χ3v) is 5.07. The first-order valence-corrected chi connectivity index (χ1v) is 9.05. The van der Waals surface area contributed by atoms with Crippen molar-refractivity contribution in [1.82, 2.24) is 0 Å². The van der Waals surface area contributed by atoms with Crippen LogP contribution in [0.5, 0.6) is 0 Å². The van der Waals surface area contributed by atoms with Gasteiger partial charge in [0.2, 0.25) is 5.60 Å². The van der Waals surface area contributed by atoms with Crippen molar-refractivity contribution >= 4 is 35.1 Å².